The molecule has 0 radical (unpaired) electrons. The molecule has 0 aromatic carbocycles. The number of amides is 1. The summed E-state index contributed by atoms with van der Waals surface area (Å²) in [7, 11) is 0. The molecule has 4 heteroatoms. The summed E-state index contributed by atoms with van der Waals surface area (Å²) in [5.41, 5.74) is 0. The van der Waals surface area contributed by atoms with E-state index in [0.29, 0.717) is 6.41 Å². The zero-order valence-electron chi connectivity index (χ0n) is 4.11. The van der Waals surface area contributed by atoms with Crippen LogP contribution in [0.1, 0.15) is 0 Å². The van der Waals surface area contributed by atoms with Crippen molar-refractivity contribution < 1.29 is 10.0 Å². The monoisotopic (exact) mass is 114 g/mol. The quantitative estimate of drug-likeness (QED) is 0.229. The number of hydrogen-bond donors (Lipinski definition) is 2. The molecule has 0 spiro atoms. The van der Waals surface area contributed by atoms with Crippen molar-refractivity contribution >= 4 is 12.6 Å². The molecule has 8 heavy (non-hydrogen) atoms. The third kappa shape index (κ3) is 4.68. The lowest BCUT2D eigenvalue weighted by atomic mass is 10.7. The molecule has 2 N–H and O–H groups in total. The second-order valence-electron chi connectivity index (χ2n) is 0.908. The molecular formula is C4H6N2O2. The van der Waals surface area contributed by atoms with E-state index in [9.17, 15) is 4.79 Å². The van der Waals surface area contributed by atoms with E-state index in [-0.39, 0.29) is 0 Å². The first-order chi connectivity index (χ1) is 3.91. The van der Waals surface area contributed by atoms with Gasteiger partial charge in [0.1, 0.15) is 0 Å². The molecular weight excluding hydrogens is 108 g/mol. The number of allylic oxidation sites excluding steroid dienone is 1. The van der Waals surface area contributed by atoms with Crippen LogP contribution in [0.2, 0.25) is 0 Å². The van der Waals surface area contributed by atoms with Gasteiger partial charge in [-0.1, -0.05) is 5.16 Å². The molecule has 0 aliphatic heterocycles. The summed E-state index contributed by atoms with van der Waals surface area (Å²) in [6.07, 6.45) is 4.37. The van der Waals surface area contributed by atoms with Crippen LogP contribution in [0.25, 0.3) is 0 Å². The predicted octanol–water partition coefficient (Wildman–Crippen LogP) is -0.294. The molecule has 0 aliphatic rings. The smallest absolute Gasteiger partial charge is 0.211 e. The van der Waals surface area contributed by atoms with Gasteiger partial charge in [0.2, 0.25) is 6.41 Å². The van der Waals surface area contributed by atoms with Crippen molar-refractivity contribution in [2.75, 3.05) is 0 Å². The lowest BCUT2D eigenvalue weighted by Gasteiger charge is -1.76. The molecule has 44 valence electrons. The largest absolute Gasteiger partial charge is 0.411 e. The minimum atomic E-state index is 0.516. The van der Waals surface area contributed by atoms with E-state index < -0.39 is 0 Å². The third-order valence-electron chi connectivity index (χ3n) is 0.413. The molecule has 0 atom stereocenters. The summed E-state index contributed by atoms with van der Waals surface area (Å²) < 4.78 is 0. The van der Waals surface area contributed by atoms with Gasteiger partial charge in [0.15, 0.2) is 0 Å². The highest BCUT2D eigenvalue weighted by Gasteiger charge is 1.61. The number of hydrogen-bond acceptors (Lipinski definition) is 3. The Hall–Kier alpha value is -1.32. The van der Waals surface area contributed by atoms with E-state index >= 15 is 0 Å². The number of carbonyl (C=O) groups is 1. The summed E-state index contributed by atoms with van der Waals surface area (Å²) in [6, 6.07) is 0. The number of rotatable bonds is 3. The summed E-state index contributed by atoms with van der Waals surface area (Å²) in [4.78, 5) is 9.50. The minimum Gasteiger partial charge on any atom is -0.411 e. The van der Waals surface area contributed by atoms with Gasteiger partial charge in [-0.2, -0.15) is 0 Å². The average Bonchev–Trinajstić information content (AvgIpc) is 1.81. The Labute approximate surface area is 46.5 Å². The first-order valence-electron chi connectivity index (χ1n) is 1.94. The fourth-order valence-electron chi connectivity index (χ4n) is 0.176. The molecule has 0 fully saturated rings. The zero-order chi connectivity index (χ0) is 6.24. The van der Waals surface area contributed by atoms with Crippen LogP contribution in [0.5, 0.6) is 0 Å². The molecule has 4 nitrogen and oxygen atoms in total. The predicted molar refractivity (Wildman–Crippen MR) is 28.6 cm³/mol. The first kappa shape index (κ1) is 6.68. The van der Waals surface area contributed by atoms with Crippen LogP contribution >= 0.6 is 0 Å². The molecule has 0 aliphatic carbocycles. The lowest BCUT2D eigenvalue weighted by Crippen LogP contribution is -1.97. The number of oxime groups is 1. The molecule has 0 aromatic heterocycles. The SMILES string of the molecule is O=CN/C=C/C=N/O. The maximum absolute atomic E-state index is 9.50. The zero-order valence-corrected chi connectivity index (χ0v) is 4.11. The van der Waals surface area contributed by atoms with Crippen LogP contribution in [0, 0.1) is 0 Å². The van der Waals surface area contributed by atoms with E-state index in [2.05, 4.69) is 10.5 Å². The van der Waals surface area contributed by atoms with Gasteiger partial charge in [-0.15, -0.1) is 0 Å². The van der Waals surface area contributed by atoms with Crippen molar-refractivity contribution in [3.05, 3.63) is 12.3 Å². The van der Waals surface area contributed by atoms with Crippen LogP contribution < -0.4 is 5.32 Å². The van der Waals surface area contributed by atoms with Crippen molar-refractivity contribution in [3.63, 3.8) is 0 Å². The summed E-state index contributed by atoms with van der Waals surface area (Å²) in [6.45, 7) is 0. The van der Waals surface area contributed by atoms with E-state index in [1.165, 1.54) is 12.3 Å². The van der Waals surface area contributed by atoms with E-state index in [0.717, 1.165) is 6.21 Å². The van der Waals surface area contributed by atoms with E-state index in [1.807, 2.05) is 0 Å². The van der Waals surface area contributed by atoms with Crippen molar-refractivity contribution in [1.82, 2.24) is 5.32 Å². The first-order valence-corrected chi connectivity index (χ1v) is 1.94. The molecule has 0 rings (SSSR count). The van der Waals surface area contributed by atoms with E-state index in [4.69, 9.17) is 5.21 Å². The molecule has 0 aromatic rings. The maximum Gasteiger partial charge on any atom is 0.211 e. The fraction of sp³-hybridized carbons (Fsp3) is 0. The van der Waals surface area contributed by atoms with Crippen molar-refractivity contribution in [1.29, 1.82) is 0 Å². The highest BCUT2D eigenvalue weighted by molar-refractivity contribution is 5.70. The minimum absolute atomic E-state index is 0.516. The maximum atomic E-state index is 9.50. The van der Waals surface area contributed by atoms with Crippen LogP contribution in [0.4, 0.5) is 0 Å². The van der Waals surface area contributed by atoms with Gasteiger partial charge in [-0.25, -0.2) is 0 Å². The van der Waals surface area contributed by atoms with Crippen LogP contribution in [-0.4, -0.2) is 17.8 Å². The summed E-state index contributed by atoms with van der Waals surface area (Å²) in [5.74, 6) is 0. The van der Waals surface area contributed by atoms with Gasteiger partial charge in [-0.05, 0) is 6.08 Å². The fourth-order valence-corrected chi connectivity index (χ4v) is 0.176. The normalized spacial score (nSPS) is 10.5. The van der Waals surface area contributed by atoms with Crippen LogP contribution in [-0.2, 0) is 4.79 Å². The molecule has 0 bridgehead atoms. The standard InChI is InChI=1S/C4H6N2O2/c7-4-5-2-1-3-6-8/h1-4,8H,(H,5,7)/b2-1+,6-3+. The number of carbonyl (C=O) groups excluding carboxylic acids is 1. The molecule has 1 amide bonds. The third-order valence-corrected chi connectivity index (χ3v) is 0.413. The molecule has 0 unspecified atom stereocenters. The Balaban J connectivity index is 3.19. The number of nitrogens with one attached hydrogen (secondary N) is 1. The molecule has 0 saturated carbocycles. The Kier molecular flexibility index (Phi) is 4.74. The van der Waals surface area contributed by atoms with Crippen LogP contribution in [0.3, 0.4) is 0 Å². The number of nitrogens with zero attached hydrogens (tertiary/aromatic N) is 1. The van der Waals surface area contributed by atoms with Crippen molar-refractivity contribution in [3.8, 4) is 0 Å². The second kappa shape index (κ2) is 5.68. The molecule has 0 heterocycles. The Morgan fingerprint density at radius 3 is 2.88 bits per heavy atom. The Morgan fingerprint density at radius 1 is 1.62 bits per heavy atom. The van der Waals surface area contributed by atoms with Gasteiger partial charge in [0.25, 0.3) is 0 Å². The van der Waals surface area contributed by atoms with Gasteiger partial charge < -0.3 is 10.5 Å². The summed E-state index contributed by atoms with van der Waals surface area (Å²) >= 11 is 0. The van der Waals surface area contributed by atoms with Crippen molar-refractivity contribution in [2.24, 2.45) is 5.16 Å². The van der Waals surface area contributed by atoms with E-state index in [1.54, 1.807) is 0 Å². The highest BCUT2D eigenvalue weighted by atomic mass is 16.4. The topological polar surface area (TPSA) is 61.7 Å². The Bertz CT molecular complexity index is 109. The van der Waals surface area contributed by atoms with Gasteiger partial charge in [0, 0.05) is 6.20 Å². The average molecular weight is 114 g/mol. The highest BCUT2D eigenvalue weighted by Crippen LogP contribution is 1.57. The van der Waals surface area contributed by atoms with Crippen LogP contribution in [0.15, 0.2) is 17.4 Å². The van der Waals surface area contributed by atoms with Gasteiger partial charge in [0.05, 0.1) is 6.21 Å². The Morgan fingerprint density at radius 2 is 2.38 bits per heavy atom. The lowest BCUT2D eigenvalue weighted by molar-refractivity contribution is -0.108. The molecule has 0 saturated heterocycles. The van der Waals surface area contributed by atoms with Gasteiger partial charge >= 0.3 is 0 Å². The van der Waals surface area contributed by atoms with Gasteiger partial charge in [-0.3, -0.25) is 4.79 Å². The second-order valence-corrected chi connectivity index (χ2v) is 0.908. The van der Waals surface area contributed by atoms with Crippen molar-refractivity contribution in [2.45, 2.75) is 0 Å². The summed E-state index contributed by atoms with van der Waals surface area (Å²) in [5, 5.41) is 12.6.